The number of halogens is 1. The number of nitrogens with two attached hydrogens (primary N) is 1. The molecule has 0 aromatic carbocycles. The summed E-state index contributed by atoms with van der Waals surface area (Å²) in [6, 6.07) is 1.45. The highest BCUT2D eigenvalue weighted by Gasteiger charge is 2.17. The van der Waals surface area contributed by atoms with Crippen molar-refractivity contribution in [2.45, 2.75) is 19.4 Å². The summed E-state index contributed by atoms with van der Waals surface area (Å²) in [5.41, 5.74) is 4.93. The van der Waals surface area contributed by atoms with Gasteiger partial charge in [-0.2, -0.15) is 0 Å². The van der Waals surface area contributed by atoms with Crippen molar-refractivity contribution in [3.63, 3.8) is 0 Å². The summed E-state index contributed by atoms with van der Waals surface area (Å²) >= 11 is 5.66. The number of aromatic nitrogens is 1. The molecular weight excluding hydrogens is 230 g/mol. The van der Waals surface area contributed by atoms with Crippen molar-refractivity contribution in [1.29, 1.82) is 0 Å². The molecule has 0 aliphatic heterocycles. The van der Waals surface area contributed by atoms with E-state index >= 15 is 0 Å². The van der Waals surface area contributed by atoms with Crippen LogP contribution < -0.4 is 11.1 Å². The van der Waals surface area contributed by atoms with E-state index in [2.05, 4.69) is 10.3 Å². The van der Waals surface area contributed by atoms with Crippen LogP contribution in [0, 0.1) is 0 Å². The average molecular weight is 244 g/mol. The van der Waals surface area contributed by atoms with Crippen molar-refractivity contribution < 1.29 is 9.90 Å². The van der Waals surface area contributed by atoms with Gasteiger partial charge < -0.3 is 16.2 Å². The Hall–Kier alpha value is -1.33. The van der Waals surface area contributed by atoms with Gasteiger partial charge >= 0.3 is 0 Å². The Balaban J connectivity index is 2.74. The van der Waals surface area contributed by atoms with E-state index in [1.807, 2.05) is 0 Å². The lowest BCUT2D eigenvalue weighted by molar-refractivity contribution is 0.0692. The molecule has 0 aliphatic rings. The minimum atomic E-state index is -0.975. The average Bonchev–Trinajstić information content (AvgIpc) is 2.13. The molecule has 0 aliphatic carbocycles. The molecule has 0 bridgehead atoms. The summed E-state index contributed by atoms with van der Waals surface area (Å²) in [5, 5.41) is 12.3. The summed E-state index contributed by atoms with van der Waals surface area (Å²) in [5.74, 6) is -0.434. The van der Waals surface area contributed by atoms with Crippen LogP contribution >= 0.6 is 11.6 Å². The Morgan fingerprint density at radius 2 is 2.31 bits per heavy atom. The molecule has 0 spiro atoms. The molecule has 1 aromatic rings. The van der Waals surface area contributed by atoms with Crippen molar-refractivity contribution in [1.82, 2.24) is 10.3 Å². The zero-order chi connectivity index (χ0) is 12.3. The molecule has 0 fully saturated rings. The van der Waals surface area contributed by atoms with E-state index in [9.17, 15) is 9.90 Å². The molecule has 6 heteroatoms. The lowest BCUT2D eigenvalue weighted by Crippen LogP contribution is -2.38. The van der Waals surface area contributed by atoms with E-state index in [4.69, 9.17) is 17.3 Å². The smallest absolute Gasteiger partial charge is 0.272 e. The van der Waals surface area contributed by atoms with E-state index in [0.29, 0.717) is 5.02 Å². The number of carbonyl (C=O) groups is 1. The monoisotopic (exact) mass is 243 g/mol. The number of nitrogens with one attached hydrogen (secondary N) is 1. The number of hydrogen-bond donors (Lipinski definition) is 3. The highest BCUT2D eigenvalue weighted by molar-refractivity contribution is 6.30. The van der Waals surface area contributed by atoms with Crippen LogP contribution in [0.25, 0.3) is 0 Å². The molecule has 0 atom stereocenters. The van der Waals surface area contributed by atoms with Gasteiger partial charge in [-0.15, -0.1) is 0 Å². The fraction of sp³-hybridized carbons (Fsp3) is 0.400. The summed E-state index contributed by atoms with van der Waals surface area (Å²) in [4.78, 5) is 15.4. The standard InChI is InChI=1S/C10H14ClN3O2/c1-10(2,16)5-14-9(15)8-7(12)3-6(11)4-13-8/h3-4,16H,5,12H2,1-2H3,(H,14,15). The first kappa shape index (κ1) is 12.7. The van der Waals surface area contributed by atoms with Crippen LogP contribution in [0.3, 0.4) is 0 Å². The van der Waals surface area contributed by atoms with Gasteiger partial charge in [-0.25, -0.2) is 4.98 Å². The van der Waals surface area contributed by atoms with Crippen LogP contribution in [-0.2, 0) is 0 Å². The van der Waals surface area contributed by atoms with E-state index < -0.39 is 11.5 Å². The third kappa shape index (κ3) is 3.67. The molecule has 16 heavy (non-hydrogen) atoms. The van der Waals surface area contributed by atoms with Gasteiger partial charge in [0.2, 0.25) is 0 Å². The maximum atomic E-state index is 11.6. The Kier molecular flexibility index (Phi) is 3.72. The van der Waals surface area contributed by atoms with Gasteiger partial charge in [0.05, 0.1) is 16.3 Å². The zero-order valence-electron chi connectivity index (χ0n) is 9.12. The fourth-order valence-electron chi connectivity index (χ4n) is 1.02. The van der Waals surface area contributed by atoms with Crippen LogP contribution in [-0.4, -0.2) is 28.1 Å². The number of amides is 1. The van der Waals surface area contributed by atoms with Crippen LogP contribution in [0.1, 0.15) is 24.3 Å². The number of rotatable bonds is 3. The van der Waals surface area contributed by atoms with Crippen molar-refractivity contribution in [2.75, 3.05) is 12.3 Å². The van der Waals surface area contributed by atoms with E-state index in [1.54, 1.807) is 13.8 Å². The molecule has 0 radical (unpaired) electrons. The van der Waals surface area contributed by atoms with Gasteiger partial charge in [0.1, 0.15) is 0 Å². The normalized spacial score (nSPS) is 11.2. The molecule has 1 heterocycles. The Bertz CT molecular complexity index is 402. The van der Waals surface area contributed by atoms with Crippen molar-refractivity contribution in [3.8, 4) is 0 Å². The van der Waals surface area contributed by atoms with Gasteiger partial charge in [-0.1, -0.05) is 11.6 Å². The number of anilines is 1. The lowest BCUT2D eigenvalue weighted by Gasteiger charge is -2.17. The van der Waals surface area contributed by atoms with E-state index in [-0.39, 0.29) is 17.9 Å². The summed E-state index contributed by atoms with van der Waals surface area (Å²) in [6.45, 7) is 3.30. The first-order chi connectivity index (χ1) is 7.29. The van der Waals surface area contributed by atoms with E-state index in [1.165, 1.54) is 12.3 Å². The number of aliphatic hydroxyl groups is 1. The number of carbonyl (C=O) groups excluding carboxylic acids is 1. The molecule has 0 unspecified atom stereocenters. The highest BCUT2D eigenvalue weighted by Crippen LogP contribution is 2.14. The van der Waals surface area contributed by atoms with Crippen LogP contribution in [0.4, 0.5) is 5.69 Å². The molecule has 0 saturated carbocycles. The summed E-state index contributed by atoms with van der Waals surface area (Å²) < 4.78 is 0. The van der Waals surface area contributed by atoms with E-state index in [0.717, 1.165) is 0 Å². The molecule has 0 saturated heterocycles. The van der Waals surface area contributed by atoms with Gasteiger partial charge in [-0.05, 0) is 19.9 Å². The van der Waals surface area contributed by atoms with Crippen LogP contribution in [0.15, 0.2) is 12.3 Å². The van der Waals surface area contributed by atoms with Gasteiger partial charge in [-0.3, -0.25) is 4.79 Å². The topological polar surface area (TPSA) is 88.2 Å². The summed E-state index contributed by atoms with van der Waals surface area (Å²) in [7, 11) is 0. The number of hydrogen-bond acceptors (Lipinski definition) is 4. The SMILES string of the molecule is CC(C)(O)CNC(=O)c1ncc(Cl)cc1N. The van der Waals surface area contributed by atoms with Crippen molar-refractivity contribution in [3.05, 3.63) is 23.0 Å². The van der Waals surface area contributed by atoms with Gasteiger partial charge in [0.25, 0.3) is 5.91 Å². The predicted molar refractivity (Wildman–Crippen MR) is 62.3 cm³/mol. The number of nitrogen functional groups attached to an aromatic ring is 1. The molecule has 88 valence electrons. The second-order valence-electron chi connectivity index (χ2n) is 4.09. The maximum Gasteiger partial charge on any atom is 0.272 e. The third-order valence-electron chi connectivity index (χ3n) is 1.78. The van der Waals surface area contributed by atoms with Crippen molar-refractivity contribution in [2.24, 2.45) is 0 Å². The minimum absolute atomic E-state index is 0.105. The first-order valence-electron chi connectivity index (χ1n) is 4.71. The molecule has 4 N–H and O–H groups in total. The predicted octanol–water partition coefficient (Wildman–Crippen LogP) is 0.818. The Labute approximate surface area is 98.6 Å². The van der Waals surface area contributed by atoms with Gasteiger partial charge in [0, 0.05) is 12.7 Å². The van der Waals surface area contributed by atoms with Crippen LogP contribution in [0.5, 0.6) is 0 Å². The van der Waals surface area contributed by atoms with Crippen molar-refractivity contribution >= 4 is 23.2 Å². The molecule has 1 aromatic heterocycles. The second-order valence-corrected chi connectivity index (χ2v) is 4.52. The number of nitrogens with zero attached hydrogens (tertiary/aromatic N) is 1. The lowest BCUT2D eigenvalue weighted by atomic mass is 10.1. The zero-order valence-corrected chi connectivity index (χ0v) is 9.88. The largest absolute Gasteiger partial charge is 0.397 e. The third-order valence-corrected chi connectivity index (χ3v) is 1.99. The molecular formula is C10H14ClN3O2. The first-order valence-corrected chi connectivity index (χ1v) is 5.09. The molecule has 5 nitrogen and oxygen atoms in total. The molecule has 1 amide bonds. The quantitative estimate of drug-likeness (QED) is 0.733. The highest BCUT2D eigenvalue weighted by atomic mass is 35.5. The number of pyridine rings is 1. The molecule has 1 rings (SSSR count). The summed E-state index contributed by atoms with van der Waals surface area (Å²) in [6.07, 6.45) is 1.34. The van der Waals surface area contributed by atoms with Crippen LogP contribution in [0.2, 0.25) is 5.02 Å². The Morgan fingerprint density at radius 3 is 2.81 bits per heavy atom. The Morgan fingerprint density at radius 1 is 1.69 bits per heavy atom. The maximum absolute atomic E-state index is 11.6. The second kappa shape index (κ2) is 4.67. The fourth-order valence-corrected chi connectivity index (χ4v) is 1.19. The van der Waals surface area contributed by atoms with Gasteiger partial charge in [0.15, 0.2) is 5.69 Å². The minimum Gasteiger partial charge on any atom is -0.397 e.